The van der Waals surface area contributed by atoms with Crippen LogP contribution in [0.1, 0.15) is 51.2 Å². The number of hydrogen-bond acceptors (Lipinski definition) is 4. The molecule has 2 aliphatic rings. The van der Waals surface area contributed by atoms with E-state index in [4.69, 9.17) is 4.74 Å². The van der Waals surface area contributed by atoms with Crippen molar-refractivity contribution in [2.24, 2.45) is 17.8 Å². The van der Waals surface area contributed by atoms with Gasteiger partial charge in [0.1, 0.15) is 6.61 Å². The fourth-order valence-corrected chi connectivity index (χ4v) is 5.03. The fraction of sp³-hybridized carbons (Fsp3) is 0.607. The molecule has 1 fully saturated rings. The Labute approximate surface area is 199 Å². The summed E-state index contributed by atoms with van der Waals surface area (Å²) in [6.45, 7) is 8.72. The number of rotatable bonds is 9. The van der Waals surface area contributed by atoms with Crippen LogP contribution in [0.4, 0.5) is 0 Å². The molecule has 0 saturated heterocycles. The number of hydrogen-bond donors (Lipinski definition) is 2. The molecule has 1 aromatic carbocycles. The molecule has 1 saturated carbocycles. The van der Waals surface area contributed by atoms with Crippen LogP contribution >= 0.6 is 0 Å². The number of carbonyl (C=O) groups excluding carboxylic acids is 1. The van der Waals surface area contributed by atoms with E-state index >= 15 is 0 Å². The van der Waals surface area contributed by atoms with Crippen molar-refractivity contribution >= 4 is 5.91 Å². The van der Waals surface area contributed by atoms with E-state index in [1.807, 2.05) is 52.1 Å². The van der Waals surface area contributed by atoms with Crippen LogP contribution in [0.2, 0.25) is 0 Å². The number of aryl methyl sites for hydroxylation is 1. The quantitative estimate of drug-likeness (QED) is 0.435. The molecule has 1 amide bonds. The molecule has 33 heavy (non-hydrogen) atoms. The summed E-state index contributed by atoms with van der Waals surface area (Å²) in [6.07, 6.45) is 8.40. The molecular formula is C28H41NO4. The third-order valence-corrected chi connectivity index (χ3v) is 7.21. The summed E-state index contributed by atoms with van der Waals surface area (Å²) < 4.78 is 5.66. The number of nitrogens with zero attached hydrogens (tertiary/aromatic N) is 1. The molecule has 0 spiro atoms. The van der Waals surface area contributed by atoms with Crippen LogP contribution in [-0.2, 0) is 16.0 Å². The zero-order chi connectivity index (χ0) is 24.2. The number of likely N-dealkylation sites (N-methyl/N-ethyl adjacent to an activating group) is 1. The Hall–Kier alpha value is -1.95. The van der Waals surface area contributed by atoms with Gasteiger partial charge in [0.2, 0.25) is 5.91 Å². The Morgan fingerprint density at radius 1 is 1.33 bits per heavy atom. The monoisotopic (exact) mass is 455 g/mol. The van der Waals surface area contributed by atoms with Crippen molar-refractivity contribution in [2.75, 3.05) is 20.3 Å². The van der Waals surface area contributed by atoms with Crippen molar-refractivity contribution in [1.82, 2.24) is 4.90 Å². The maximum Gasteiger partial charge on any atom is 0.248 e. The Bertz CT molecular complexity index is 869. The fourth-order valence-electron chi connectivity index (χ4n) is 5.03. The smallest absolute Gasteiger partial charge is 0.248 e. The topological polar surface area (TPSA) is 70.0 Å². The van der Waals surface area contributed by atoms with Gasteiger partial charge >= 0.3 is 0 Å². The highest BCUT2D eigenvalue weighted by Crippen LogP contribution is 2.47. The molecule has 5 nitrogen and oxygen atoms in total. The lowest BCUT2D eigenvalue weighted by Gasteiger charge is -2.31. The molecule has 3 rings (SSSR count). The van der Waals surface area contributed by atoms with E-state index in [1.165, 1.54) is 11.1 Å². The summed E-state index contributed by atoms with van der Waals surface area (Å²) in [5.41, 5.74) is 3.46. The van der Waals surface area contributed by atoms with Gasteiger partial charge in [-0.25, -0.2) is 0 Å². The Kier molecular flexibility index (Phi) is 8.54. The van der Waals surface area contributed by atoms with Gasteiger partial charge in [0.15, 0.2) is 0 Å². The number of allylic oxidation sites excluding steroid dienone is 1. The van der Waals surface area contributed by atoms with E-state index in [9.17, 15) is 15.0 Å². The van der Waals surface area contributed by atoms with Gasteiger partial charge < -0.3 is 19.8 Å². The first kappa shape index (κ1) is 25.7. The minimum Gasteiger partial charge on any atom is -0.392 e. The molecule has 0 radical (unpaired) electrons. The third-order valence-electron chi connectivity index (χ3n) is 7.21. The predicted octanol–water partition coefficient (Wildman–Crippen LogP) is 4.06. The molecule has 0 aliphatic heterocycles. The van der Waals surface area contributed by atoms with Gasteiger partial charge in [-0.1, -0.05) is 53.6 Å². The van der Waals surface area contributed by atoms with Crippen molar-refractivity contribution in [3.05, 3.63) is 59.2 Å². The second-order valence-electron chi connectivity index (χ2n) is 10.8. The lowest BCUT2D eigenvalue weighted by atomic mass is 9.88. The largest absolute Gasteiger partial charge is 0.392 e. The predicted molar refractivity (Wildman–Crippen MR) is 132 cm³/mol. The van der Waals surface area contributed by atoms with Crippen LogP contribution in [0.15, 0.2) is 48.1 Å². The highest BCUT2D eigenvalue weighted by atomic mass is 16.5. The van der Waals surface area contributed by atoms with Gasteiger partial charge in [-0.05, 0) is 64.4 Å². The van der Waals surface area contributed by atoms with E-state index in [0.29, 0.717) is 24.9 Å². The molecule has 2 N–H and O–H groups in total. The lowest BCUT2D eigenvalue weighted by molar-refractivity contribution is -0.139. The summed E-state index contributed by atoms with van der Waals surface area (Å²) in [4.78, 5) is 13.9. The van der Waals surface area contributed by atoms with Gasteiger partial charge in [0, 0.05) is 24.9 Å². The summed E-state index contributed by atoms with van der Waals surface area (Å²) in [6, 6.07) is 8.20. The van der Waals surface area contributed by atoms with Crippen LogP contribution in [0.25, 0.3) is 0 Å². The molecule has 1 aromatic rings. The number of aliphatic hydroxyl groups is 2. The number of ether oxygens (including phenoxy) is 1. The van der Waals surface area contributed by atoms with Crippen LogP contribution in [0.5, 0.6) is 0 Å². The standard InChI is InChI=1S/C28H41NO4/c1-19-7-6-8-20(13-19)15-23(30)9-10-24-25-16-21(14-22(25)17-26(24)31)11-12-33-18-27(32)29(5)28(2,3)4/h6-10,13-14,22-26,30-31H,11-12,15-18H2,1-5H3/t22-,23-,24+,25-,26+/m0/s1. The van der Waals surface area contributed by atoms with Crippen molar-refractivity contribution in [3.63, 3.8) is 0 Å². The zero-order valence-electron chi connectivity index (χ0n) is 20.8. The molecule has 0 heterocycles. The van der Waals surface area contributed by atoms with E-state index < -0.39 is 6.10 Å². The van der Waals surface area contributed by atoms with E-state index in [2.05, 4.69) is 25.1 Å². The van der Waals surface area contributed by atoms with Crippen molar-refractivity contribution in [3.8, 4) is 0 Å². The second-order valence-corrected chi connectivity index (χ2v) is 10.8. The molecule has 5 heteroatoms. The second kappa shape index (κ2) is 11.0. The lowest BCUT2D eigenvalue weighted by Crippen LogP contribution is -2.44. The Morgan fingerprint density at radius 3 is 2.79 bits per heavy atom. The molecular weight excluding hydrogens is 414 g/mol. The van der Waals surface area contributed by atoms with E-state index in [0.717, 1.165) is 24.8 Å². The summed E-state index contributed by atoms with van der Waals surface area (Å²) in [5, 5.41) is 21.1. The van der Waals surface area contributed by atoms with Crippen LogP contribution in [0.3, 0.4) is 0 Å². The van der Waals surface area contributed by atoms with Gasteiger partial charge in [0.25, 0.3) is 0 Å². The first-order valence-corrected chi connectivity index (χ1v) is 12.2. The molecule has 0 bridgehead atoms. The van der Waals surface area contributed by atoms with E-state index in [1.54, 1.807) is 4.90 Å². The summed E-state index contributed by atoms with van der Waals surface area (Å²) in [5.74, 6) is 0.828. The van der Waals surface area contributed by atoms with E-state index in [-0.39, 0.29) is 30.1 Å². The van der Waals surface area contributed by atoms with Gasteiger partial charge in [0.05, 0.1) is 18.8 Å². The number of amides is 1. The highest BCUT2D eigenvalue weighted by Gasteiger charge is 2.43. The molecule has 0 aromatic heterocycles. The Morgan fingerprint density at radius 2 is 2.09 bits per heavy atom. The van der Waals surface area contributed by atoms with Crippen molar-refractivity contribution in [2.45, 2.75) is 71.1 Å². The highest BCUT2D eigenvalue weighted by molar-refractivity contribution is 5.77. The molecule has 0 unspecified atom stereocenters. The maximum absolute atomic E-state index is 12.2. The van der Waals surface area contributed by atoms with Crippen LogP contribution in [0, 0.1) is 24.7 Å². The normalized spacial score (nSPS) is 25.8. The van der Waals surface area contributed by atoms with Crippen molar-refractivity contribution in [1.29, 1.82) is 0 Å². The average Bonchev–Trinajstić information content (AvgIpc) is 3.24. The average molecular weight is 456 g/mol. The first-order chi connectivity index (χ1) is 15.5. The van der Waals surface area contributed by atoms with Crippen LogP contribution in [-0.4, -0.2) is 59.0 Å². The zero-order valence-corrected chi connectivity index (χ0v) is 20.8. The minimum atomic E-state index is -0.552. The van der Waals surface area contributed by atoms with Gasteiger partial charge in [-0.2, -0.15) is 0 Å². The number of fused-ring (bicyclic) bond motifs is 1. The van der Waals surface area contributed by atoms with Crippen LogP contribution < -0.4 is 0 Å². The Balaban J connectivity index is 1.45. The summed E-state index contributed by atoms with van der Waals surface area (Å²) >= 11 is 0. The van der Waals surface area contributed by atoms with Gasteiger partial charge in [-0.3, -0.25) is 4.79 Å². The number of carbonyl (C=O) groups is 1. The minimum absolute atomic E-state index is 0.00249. The first-order valence-electron chi connectivity index (χ1n) is 12.2. The molecule has 182 valence electrons. The maximum atomic E-state index is 12.2. The third kappa shape index (κ3) is 7.02. The number of aliphatic hydroxyl groups excluding tert-OH is 2. The molecule has 2 aliphatic carbocycles. The SMILES string of the molecule is Cc1cccc(C[C@@H](O)C=C[C@@H]2[C@H]3CC(CCOCC(=O)N(C)C(C)(C)C)=C[C@H]3C[C@H]2O)c1. The van der Waals surface area contributed by atoms with Gasteiger partial charge in [-0.15, -0.1) is 0 Å². The number of benzene rings is 1. The summed E-state index contributed by atoms with van der Waals surface area (Å²) in [7, 11) is 1.81. The molecule has 5 atom stereocenters. The van der Waals surface area contributed by atoms with Crippen molar-refractivity contribution < 1.29 is 19.7 Å².